The maximum Gasteiger partial charge on any atom is 0.332 e. The Morgan fingerprint density at radius 3 is 1.94 bits per heavy atom. The van der Waals surface area contributed by atoms with E-state index < -0.39 is 12.8 Å². The van der Waals surface area contributed by atoms with Crippen LogP contribution in [0.4, 0.5) is 0 Å². The quantitative estimate of drug-likeness (QED) is 0.699. The van der Waals surface area contributed by atoms with Gasteiger partial charge in [-0.25, -0.2) is 0 Å². The summed E-state index contributed by atoms with van der Waals surface area (Å²) in [5.41, 5.74) is -0.217. The molecule has 0 radical (unpaired) electrons. The van der Waals surface area contributed by atoms with Crippen molar-refractivity contribution >= 4 is 7.60 Å². The third-order valence-corrected chi connectivity index (χ3v) is 8.63. The van der Waals surface area contributed by atoms with E-state index in [0.717, 1.165) is 12.8 Å². The Balaban J connectivity index is 2.64. The first-order valence-electron chi connectivity index (χ1n) is 6.06. The van der Waals surface area contributed by atoms with Gasteiger partial charge in [0.25, 0.3) is 0 Å². The first-order valence-corrected chi connectivity index (χ1v) is 7.67. The highest BCUT2D eigenvalue weighted by molar-refractivity contribution is 7.53. The highest BCUT2D eigenvalue weighted by Crippen LogP contribution is 2.80. The van der Waals surface area contributed by atoms with Crippen LogP contribution in [-0.2, 0) is 4.57 Å². The number of rotatable bonds is 1. The lowest BCUT2D eigenvalue weighted by molar-refractivity contribution is 0.104. The Hall–Kier alpha value is 0.150. The van der Waals surface area contributed by atoms with Crippen LogP contribution in [0.5, 0.6) is 0 Å². The fourth-order valence-corrected chi connectivity index (χ4v) is 6.55. The van der Waals surface area contributed by atoms with Crippen molar-refractivity contribution in [2.24, 2.45) is 22.7 Å². The van der Waals surface area contributed by atoms with Gasteiger partial charge in [0.15, 0.2) is 0 Å². The van der Waals surface area contributed by atoms with Crippen LogP contribution in [0.1, 0.15) is 47.5 Å². The van der Waals surface area contributed by atoms with E-state index in [2.05, 4.69) is 20.8 Å². The molecule has 2 bridgehead atoms. The van der Waals surface area contributed by atoms with E-state index in [1.807, 2.05) is 6.92 Å². The minimum atomic E-state index is -4.07. The molecule has 0 aromatic rings. The Morgan fingerprint density at radius 1 is 1.19 bits per heavy atom. The molecule has 2 rings (SSSR count). The van der Waals surface area contributed by atoms with E-state index in [-0.39, 0.29) is 16.7 Å². The molecule has 2 aliphatic rings. The topological polar surface area (TPSA) is 57.5 Å². The van der Waals surface area contributed by atoms with Crippen LogP contribution in [0.25, 0.3) is 0 Å². The average Bonchev–Trinajstić information content (AvgIpc) is 2.39. The van der Waals surface area contributed by atoms with Gasteiger partial charge in [-0.3, -0.25) is 4.57 Å². The molecular formula is C12H23O3P. The summed E-state index contributed by atoms with van der Waals surface area (Å²) in [4.78, 5) is 19.6. The third kappa shape index (κ3) is 1.01. The normalized spacial score (nSPS) is 50.9. The van der Waals surface area contributed by atoms with E-state index in [1.165, 1.54) is 0 Å². The molecule has 2 fully saturated rings. The summed E-state index contributed by atoms with van der Waals surface area (Å²) in [5, 5.41) is -0.855. The predicted molar refractivity (Wildman–Crippen MR) is 64.2 cm³/mol. The standard InChI is InChI=1S/C12H23O3P/c1-8-9-6-7-11(4,10(9,2)3)12(8,5)16(13,14)15/h8-9H,6-7H2,1-5H3,(H2,13,14,15). The monoisotopic (exact) mass is 246 g/mol. The van der Waals surface area contributed by atoms with Gasteiger partial charge >= 0.3 is 7.60 Å². The molecule has 0 aliphatic heterocycles. The molecule has 2 aliphatic carbocycles. The molecule has 0 spiro atoms. The van der Waals surface area contributed by atoms with Crippen LogP contribution in [-0.4, -0.2) is 14.9 Å². The summed E-state index contributed by atoms with van der Waals surface area (Å²) in [7, 11) is -4.07. The zero-order valence-electron chi connectivity index (χ0n) is 10.8. The fourth-order valence-electron chi connectivity index (χ4n) is 4.80. The highest BCUT2D eigenvalue weighted by atomic mass is 31.2. The fraction of sp³-hybridized carbons (Fsp3) is 1.00. The van der Waals surface area contributed by atoms with Crippen LogP contribution in [0.2, 0.25) is 0 Å². The average molecular weight is 246 g/mol. The Kier molecular flexibility index (Phi) is 2.31. The summed E-state index contributed by atoms with van der Waals surface area (Å²) < 4.78 is 11.9. The van der Waals surface area contributed by atoms with E-state index in [0.29, 0.717) is 5.92 Å². The van der Waals surface area contributed by atoms with E-state index in [9.17, 15) is 14.4 Å². The highest BCUT2D eigenvalue weighted by Gasteiger charge is 2.75. The van der Waals surface area contributed by atoms with Crippen LogP contribution in [0.3, 0.4) is 0 Å². The minimum Gasteiger partial charge on any atom is -0.324 e. The van der Waals surface area contributed by atoms with Gasteiger partial charge in [-0.15, -0.1) is 0 Å². The Labute approximate surface area is 97.8 Å². The maximum atomic E-state index is 11.9. The maximum absolute atomic E-state index is 11.9. The minimum absolute atomic E-state index is 0.0300. The SMILES string of the molecule is CC1C2CCC(C)(C2(C)C)C1(C)P(=O)(O)O. The van der Waals surface area contributed by atoms with Crippen LogP contribution in [0, 0.1) is 22.7 Å². The van der Waals surface area contributed by atoms with Crippen LogP contribution in [0.15, 0.2) is 0 Å². The van der Waals surface area contributed by atoms with Gasteiger partial charge in [-0.1, -0.05) is 27.7 Å². The van der Waals surface area contributed by atoms with Crippen molar-refractivity contribution < 1.29 is 14.4 Å². The van der Waals surface area contributed by atoms with Gasteiger partial charge in [0.2, 0.25) is 0 Å². The van der Waals surface area contributed by atoms with E-state index in [1.54, 1.807) is 6.92 Å². The summed E-state index contributed by atoms with van der Waals surface area (Å²) in [6, 6.07) is 0. The molecule has 0 aromatic heterocycles. The first-order chi connectivity index (χ1) is 7.00. The van der Waals surface area contributed by atoms with Crippen molar-refractivity contribution in [2.45, 2.75) is 52.6 Å². The van der Waals surface area contributed by atoms with Crippen molar-refractivity contribution in [2.75, 3.05) is 0 Å². The second-order valence-electron chi connectivity index (χ2n) is 6.68. The van der Waals surface area contributed by atoms with E-state index >= 15 is 0 Å². The second-order valence-corrected chi connectivity index (χ2v) is 8.70. The summed E-state index contributed by atoms with van der Waals surface area (Å²) >= 11 is 0. The Bertz CT molecular complexity index is 372. The Morgan fingerprint density at radius 2 is 1.69 bits per heavy atom. The van der Waals surface area contributed by atoms with Crippen molar-refractivity contribution in [1.29, 1.82) is 0 Å². The van der Waals surface area contributed by atoms with Gasteiger partial charge in [-0.2, -0.15) is 0 Å². The summed E-state index contributed by atoms with van der Waals surface area (Å²) in [6.07, 6.45) is 2.05. The lowest BCUT2D eigenvalue weighted by Gasteiger charge is -2.48. The number of hydrogen-bond acceptors (Lipinski definition) is 1. The third-order valence-electron chi connectivity index (χ3n) is 6.52. The number of hydrogen-bond donors (Lipinski definition) is 2. The van der Waals surface area contributed by atoms with Gasteiger partial charge < -0.3 is 9.79 Å². The zero-order valence-corrected chi connectivity index (χ0v) is 11.7. The van der Waals surface area contributed by atoms with Gasteiger partial charge in [0.05, 0.1) is 5.16 Å². The van der Waals surface area contributed by atoms with E-state index in [4.69, 9.17) is 0 Å². The summed E-state index contributed by atoms with van der Waals surface area (Å²) in [6.45, 7) is 10.3. The molecule has 94 valence electrons. The zero-order chi connectivity index (χ0) is 12.6. The smallest absolute Gasteiger partial charge is 0.324 e. The van der Waals surface area contributed by atoms with Crippen LogP contribution < -0.4 is 0 Å². The van der Waals surface area contributed by atoms with Crippen molar-refractivity contribution in [1.82, 2.24) is 0 Å². The van der Waals surface area contributed by atoms with Crippen molar-refractivity contribution in [3.8, 4) is 0 Å². The molecule has 4 atom stereocenters. The molecule has 16 heavy (non-hydrogen) atoms. The van der Waals surface area contributed by atoms with Gasteiger partial charge in [0.1, 0.15) is 0 Å². The molecule has 4 unspecified atom stereocenters. The molecule has 0 saturated heterocycles. The molecule has 0 amide bonds. The van der Waals surface area contributed by atoms with Crippen LogP contribution >= 0.6 is 7.60 Å². The molecule has 0 aromatic carbocycles. The summed E-state index contributed by atoms with van der Waals surface area (Å²) in [5.74, 6) is 0.539. The molecule has 2 saturated carbocycles. The molecular weight excluding hydrogens is 223 g/mol. The largest absolute Gasteiger partial charge is 0.332 e. The second kappa shape index (κ2) is 2.93. The molecule has 0 heterocycles. The van der Waals surface area contributed by atoms with Gasteiger partial charge in [-0.05, 0) is 42.4 Å². The first kappa shape index (κ1) is 12.6. The van der Waals surface area contributed by atoms with Gasteiger partial charge in [0, 0.05) is 0 Å². The van der Waals surface area contributed by atoms with Crippen molar-refractivity contribution in [3.05, 3.63) is 0 Å². The lowest BCUT2D eigenvalue weighted by Crippen LogP contribution is -2.47. The molecule has 2 N–H and O–H groups in total. The lowest BCUT2D eigenvalue weighted by atomic mass is 9.66. The number of fused-ring (bicyclic) bond motifs is 2. The predicted octanol–water partition coefficient (Wildman–Crippen LogP) is 3.02. The molecule has 3 nitrogen and oxygen atoms in total. The van der Waals surface area contributed by atoms with Crippen molar-refractivity contribution in [3.63, 3.8) is 0 Å². The molecule has 4 heteroatoms.